The molecule has 0 spiro atoms. The highest BCUT2D eigenvalue weighted by molar-refractivity contribution is 5.33. The van der Waals surface area contributed by atoms with Crippen LogP contribution in [0, 0.1) is 0 Å². The zero-order chi connectivity index (χ0) is 13.0. The maximum absolute atomic E-state index is 11.5. The summed E-state index contributed by atoms with van der Waals surface area (Å²) in [4.78, 5) is 26.4. The van der Waals surface area contributed by atoms with Gasteiger partial charge >= 0.3 is 0 Å². The first-order valence-corrected chi connectivity index (χ1v) is 5.75. The number of aromatic amines is 1. The van der Waals surface area contributed by atoms with E-state index >= 15 is 0 Å². The standard InChI is InChI=1S/C12H15N5O/c1-8(2)12-16-10(5-11(18)17-12)14-6-9-3-4-13-7-15-9/h3-5,7-8H,6H2,1-2H3,(H2,14,16,17,18). The van der Waals surface area contributed by atoms with E-state index in [-0.39, 0.29) is 11.5 Å². The van der Waals surface area contributed by atoms with Crippen molar-refractivity contribution in [3.05, 3.63) is 46.5 Å². The molecule has 0 aliphatic rings. The van der Waals surface area contributed by atoms with E-state index in [2.05, 4.69) is 25.3 Å². The lowest BCUT2D eigenvalue weighted by Gasteiger charge is -2.08. The maximum Gasteiger partial charge on any atom is 0.252 e. The van der Waals surface area contributed by atoms with E-state index in [9.17, 15) is 4.79 Å². The second-order valence-electron chi connectivity index (χ2n) is 4.22. The molecule has 94 valence electrons. The fraction of sp³-hybridized carbons (Fsp3) is 0.333. The Labute approximate surface area is 105 Å². The van der Waals surface area contributed by atoms with Crippen LogP contribution >= 0.6 is 0 Å². The Morgan fingerprint density at radius 1 is 1.44 bits per heavy atom. The Balaban J connectivity index is 2.12. The zero-order valence-electron chi connectivity index (χ0n) is 10.3. The summed E-state index contributed by atoms with van der Waals surface area (Å²) in [6.45, 7) is 4.47. The number of hydrogen-bond donors (Lipinski definition) is 2. The summed E-state index contributed by atoms with van der Waals surface area (Å²) in [5, 5.41) is 3.08. The summed E-state index contributed by atoms with van der Waals surface area (Å²) in [5.74, 6) is 1.41. The molecular weight excluding hydrogens is 230 g/mol. The van der Waals surface area contributed by atoms with Crippen molar-refractivity contribution in [2.45, 2.75) is 26.3 Å². The van der Waals surface area contributed by atoms with Gasteiger partial charge in [0.2, 0.25) is 0 Å². The maximum atomic E-state index is 11.5. The molecule has 0 atom stereocenters. The molecule has 0 saturated carbocycles. The van der Waals surface area contributed by atoms with Gasteiger partial charge in [-0.2, -0.15) is 0 Å². The molecule has 0 bridgehead atoms. The Kier molecular flexibility index (Phi) is 3.66. The highest BCUT2D eigenvalue weighted by Crippen LogP contribution is 2.09. The van der Waals surface area contributed by atoms with E-state index in [0.29, 0.717) is 18.2 Å². The van der Waals surface area contributed by atoms with Crippen molar-refractivity contribution in [3.63, 3.8) is 0 Å². The van der Waals surface area contributed by atoms with Crippen LogP contribution in [0.5, 0.6) is 0 Å². The van der Waals surface area contributed by atoms with Crippen molar-refractivity contribution in [1.29, 1.82) is 0 Å². The first-order valence-electron chi connectivity index (χ1n) is 5.75. The van der Waals surface area contributed by atoms with Crippen molar-refractivity contribution < 1.29 is 0 Å². The van der Waals surface area contributed by atoms with Gasteiger partial charge in [0.15, 0.2) is 0 Å². The molecule has 0 amide bonds. The molecule has 18 heavy (non-hydrogen) atoms. The number of nitrogens with zero attached hydrogens (tertiary/aromatic N) is 3. The number of H-pyrrole nitrogens is 1. The Morgan fingerprint density at radius 2 is 2.28 bits per heavy atom. The second kappa shape index (κ2) is 5.39. The molecule has 2 aromatic heterocycles. The van der Waals surface area contributed by atoms with Crippen molar-refractivity contribution in [2.75, 3.05) is 5.32 Å². The summed E-state index contributed by atoms with van der Waals surface area (Å²) >= 11 is 0. The molecule has 6 nitrogen and oxygen atoms in total. The van der Waals surface area contributed by atoms with Crippen molar-refractivity contribution in [3.8, 4) is 0 Å². The van der Waals surface area contributed by atoms with Crippen LogP contribution in [0.3, 0.4) is 0 Å². The van der Waals surface area contributed by atoms with E-state index in [0.717, 1.165) is 5.69 Å². The molecule has 0 saturated heterocycles. The first-order chi connectivity index (χ1) is 8.65. The number of nitrogens with one attached hydrogen (secondary N) is 2. The molecule has 0 radical (unpaired) electrons. The van der Waals surface area contributed by atoms with Crippen LogP contribution in [-0.4, -0.2) is 19.9 Å². The minimum Gasteiger partial charge on any atom is -0.364 e. The quantitative estimate of drug-likeness (QED) is 0.848. The minimum absolute atomic E-state index is 0.154. The van der Waals surface area contributed by atoms with E-state index in [1.165, 1.54) is 12.4 Å². The lowest BCUT2D eigenvalue weighted by Crippen LogP contribution is -2.14. The van der Waals surface area contributed by atoms with Gasteiger partial charge < -0.3 is 10.3 Å². The SMILES string of the molecule is CC(C)c1nc(NCc2ccncn2)cc(=O)[nH]1. The van der Waals surface area contributed by atoms with E-state index in [1.807, 2.05) is 19.9 Å². The number of anilines is 1. The monoisotopic (exact) mass is 245 g/mol. The van der Waals surface area contributed by atoms with Crippen LogP contribution in [0.2, 0.25) is 0 Å². The predicted octanol–water partition coefficient (Wildman–Crippen LogP) is 1.30. The highest BCUT2D eigenvalue weighted by Gasteiger charge is 2.05. The normalized spacial score (nSPS) is 10.6. The van der Waals surface area contributed by atoms with Crippen LogP contribution in [0.15, 0.2) is 29.5 Å². The van der Waals surface area contributed by atoms with Gasteiger partial charge in [-0.1, -0.05) is 13.8 Å². The van der Waals surface area contributed by atoms with Crippen LogP contribution in [-0.2, 0) is 6.54 Å². The molecular formula is C12H15N5O. The fourth-order valence-electron chi connectivity index (χ4n) is 1.44. The fourth-order valence-corrected chi connectivity index (χ4v) is 1.44. The Morgan fingerprint density at radius 3 is 2.94 bits per heavy atom. The topological polar surface area (TPSA) is 83.6 Å². The molecule has 2 rings (SSSR count). The summed E-state index contributed by atoms with van der Waals surface area (Å²) in [7, 11) is 0. The van der Waals surface area contributed by atoms with Gasteiger partial charge in [0.25, 0.3) is 5.56 Å². The lowest BCUT2D eigenvalue weighted by molar-refractivity contribution is 0.766. The van der Waals surface area contributed by atoms with Crippen molar-refractivity contribution in [2.24, 2.45) is 0 Å². The Hall–Kier alpha value is -2.24. The third-order valence-electron chi connectivity index (χ3n) is 2.40. The summed E-state index contributed by atoms with van der Waals surface area (Å²) in [6, 6.07) is 3.25. The van der Waals surface area contributed by atoms with E-state index < -0.39 is 0 Å². The number of aromatic nitrogens is 4. The largest absolute Gasteiger partial charge is 0.364 e. The molecule has 2 aromatic rings. The molecule has 2 N–H and O–H groups in total. The van der Waals surface area contributed by atoms with E-state index in [4.69, 9.17) is 0 Å². The first kappa shape index (κ1) is 12.2. The molecule has 0 aromatic carbocycles. The second-order valence-corrected chi connectivity index (χ2v) is 4.22. The number of rotatable bonds is 4. The van der Waals surface area contributed by atoms with Crippen LogP contribution in [0.4, 0.5) is 5.82 Å². The van der Waals surface area contributed by atoms with Gasteiger partial charge in [0.1, 0.15) is 18.0 Å². The van der Waals surface area contributed by atoms with Gasteiger partial charge in [-0.15, -0.1) is 0 Å². The summed E-state index contributed by atoms with van der Waals surface area (Å²) in [6.07, 6.45) is 3.16. The van der Waals surface area contributed by atoms with Gasteiger partial charge in [-0.05, 0) is 6.07 Å². The molecule has 6 heteroatoms. The van der Waals surface area contributed by atoms with Gasteiger partial charge in [-0.3, -0.25) is 4.79 Å². The van der Waals surface area contributed by atoms with Gasteiger partial charge in [0, 0.05) is 18.2 Å². The third-order valence-corrected chi connectivity index (χ3v) is 2.40. The van der Waals surface area contributed by atoms with Crippen LogP contribution in [0.25, 0.3) is 0 Å². The van der Waals surface area contributed by atoms with Crippen LogP contribution in [0.1, 0.15) is 31.3 Å². The zero-order valence-corrected chi connectivity index (χ0v) is 10.3. The third kappa shape index (κ3) is 3.13. The van der Waals surface area contributed by atoms with E-state index in [1.54, 1.807) is 6.20 Å². The summed E-state index contributed by atoms with van der Waals surface area (Å²) in [5.41, 5.74) is 0.692. The molecule has 0 fully saturated rings. The van der Waals surface area contributed by atoms with Gasteiger partial charge in [0.05, 0.1) is 12.2 Å². The average Bonchev–Trinajstić information content (AvgIpc) is 2.37. The average molecular weight is 245 g/mol. The van der Waals surface area contributed by atoms with Gasteiger partial charge in [-0.25, -0.2) is 15.0 Å². The van der Waals surface area contributed by atoms with Crippen molar-refractivity contribution >= 4 is 5.82 Å². The molecule has 0 aliphatic heterocycles. The smallest absolute Gasteiger partial charge is 0.252 e. The highest BCUT2D eigenvalue weighted by atomic mass is 16.1. The van der Waals surface area contributed by atoms with Crippen molar-refractivity contribution in [1.82, 2.24) is 19.9 Å². The summed E-state index contributed by atoms with van der Waals surface area (Å²) < 4.78 is 0. The number of hydrogen-bond acceptors (Lipinski definition) is 5. The molecule has 0 aliphatic carbocycles. The predicted molar refractivity (Wildman–Crippen MR) is 68.3 cm³/mol. The molecule has 2 heterocycles. The minimum atomic E-state index is -0.154. The van der Waals surface area contributed by atoms with Crippen LogP contribution < -0.4 is 10.9 Å². The Bertz CT molecular complexity index is 564. The lowest BCUT2D eigenvalue weighted by atomic mass is 10.2. The molecule has 0 unspecified atom stereocenters.